The number of hydrogen-bond donors (Lipinski definition) is 0. The van der Waals surface area contributed by atoms with Crippen LogP contribution in [0.4, 0.5) is 5.69 Å². The summed E-state index contributed by atoms with van der Waals surface area (Å²) in [7, 11) is 0. The fourth-order valence-electron chi connectivity index (χ4n) is 4.68. The van der Waals surface area contributed by atoms with Gasteiger partial charge in [0.2, 0.25) is 0 Å². The second-order valence-electron chi connectivity index (χ2n) is 6.90. The Morgan fingerprint density at radius 1 is 1.22 bits per heavy atom. The van der Waals surface area contributed by atoms with Crippen molar-refractivity contribution in [2.75, 3.05) is 18.0 Å². The fraction of sp³-hybridized carbons (Fsp3) is 0.421. The number of aliphatic imine (C=N–C) groups is 1. The van der Waals surface area contributed by atoms with Crippen LogP contribution < -0.4 is 4.90 Å². The summed E-state index contributed by atoms with van der Waals surface area (Å²) in [5.41, 5.74) is 8.17. The Morgan fingerprint density at radius 2 is 2.13 bits per heavy atom. The zero-order valence-electron chi connectivity index (χ0n) is 13.3. The Balaban J connectivity index is 1.86. The van der Waals surface area contributed by atoms with Gasteiger partial charge in [-0.25, -0.2) is 4.99 Å². The summed E-state index contributed by atoms with van der Waals surface area (Å²) in [6.07, 6.45) is 6.79. The van der Waals surface area contributed by atoms with Gasteiger partial charge >= 0.3 is 0 Å². The third-order valence-electron chi connectivity index (χ3n) is 5.61. The maximum Gasteiger partial charge on any atom is 0.153 e. The van der Waals surface area contributed by atoms with Gasteiger partial charge in [0.1, 0.15) is 0 Å². The van der Waals surface area contributed by atoms with Gasteiger partial charge < -0.3 is 9.80 Å². The average molecular weight is 326 g/mol. The molecule has 5 rings (SSSR count). The Labute approximate surface area is 141 Å². The Hall–Kier alpha value is -1.74. The standard InChI is InChI=1S/C19H20ClN3/c1-12-4-2-7-15-16(12)23-11-9-21-19(20)18(23)14-6-3-5-13-8-10-22(15)17(13)14/h3,5-6,9,12H,2,4,7-8,10-11H2,1H3. The zero-order valence-corrected chi connectivity index (χ0v) is 14.1. The third-order valence-corrected chi connectivity index (χ3v) is 5.89. The predicted molar refractivity (Wildman–Crippen MR) is 95.5 cm³/mol. The molecule has 0 aromatic heterocycles. The molecule has 0 spiro atoms. The molecule has 4 heteroatoms. The molecule has 0 radical (unpaired) electrons. The molecule has 1 aromatic carbocycles. The van der Waals surface area contributed by atoms with Crippen molar-refractivity contribution in [2.24, 2.45) is 10.9 Å². The lowest BCUT2D eigenvalue weighted by atomic mass is 9.90. The van der Waals surface area contributed by atoms with E-state index in [-0.39, 0.29) is 0 Å². The Kier molecular flexibility index (Phi) is 2.90. The molecule has 118 valence electrons. The van der Waals surface area contributed by atoms with Gasteiger partial charge in [-0.05, 0) is 37.2 Å². The molecule has 1 aromatic rings. The molecule has 23 heavy (non-hydrogen) atoms. The summed E-state index contributed by atoms with van der Waals surface area (Å²) in [6.45, 7) is 4.28. The minimum atomic E-state index is 0.572. The first kappa shape index (κ1) is 13.7. The van der Waals surface area contributed by atoms with E-state index in [9.17, 15) is 0 Å². The minimum Gasteiger partial charge on any atom is -0.342 e. The summed E-state index contributed by atoms with van der Waals surface area (Å²) in [5, 5.41) is 0.628. The van der Waals surface area contributed by atoms with Crippen molar-refractivity contribution in [1.29, 1.82) is 0 Å². The summed E-state index contributed by atoms with van der Waals surface area (Å²) < 4.78 is 0. The van der Waals surface area contributed by atoms with Gasteiger partial charge in [-0.15, -0.1) is 0 Å². The third kappa shape index (κ3) is 1.80. The Morgan fingerprint density at radius 3 is 3.04 bits per heavy atom. The number of rotatable bonds is 0. The molecule has 1 aliphatic carbocycles. The van der Waals surface area contributed by atoms with E-state index in [2.05, 4.69) is 39.9 Å². The van der Waals surface area contributed by atoms with E-state index in [4.69, 9.17) is 11.6 Å². The first-order chi connectivity index (χ1) is 11.3. The van der Waals surface area contributed by atoms with Crippen molar-refractivity contribution in [3.8, 4) is 0 Å². The number of halogens is 1. The van der Waals surface area contributed by atoms with Crippen LogP contribution in [-0.2, 0) is 6.42 Å². The van der Waals surface area contributed by atoms with Gasteiger partial charge in [-0.3, -0.25) is 0 Å². The number of para-hydroxylation sites is 1. The van der Waals surface area contributed by atoms with Crippen LogP contribution >= 0.6 is 11.6 Å². The quantitative estimate of drug-likeness (QED) is 0.661. The molecule has 0 amide bonds. The molecule has 0 bridgehead atoms. The van der Waals surface area contributed by atoms with Crippen LogP contribution in [0.5, 0.6) is 0 Å². The lowest BCUT2D eigenvalue weighted by Gasteiger charge is -2.37. The van der Waals surface area contributed by atoms with Crippen molar-refractivity contribution >= 4 is 29.2 Å². The number of anilines is 1. The van der Waals surface area contributed by atoms with Crippen LogP contribution in [0, 0.1) is 5.92 Å². The molecule has 3 aliphatic heterocycles. The fourth-order valence-corrected chi connectivity index (χ4v) is 4.95. The minimum absolute atomic E-state index is 0.572. The maximum atomic E-state index is 6.59. The van der Waals surface area contributed by atoms with Gasteiger partial charge in [0, 0.05) is 29.7 Å². The normalized spacial score (nSPS) is 25.4. The van der Waals surface area contributed by atoms with Crippen LogP contribution in [0.25, 0.3) is 5.70 Å². The van der Waals surface area contributed by atoms with Gasteiger partial charge in [-0.1, -0.05) is 36.7 Å². The van der Waals surface area contributed by atoms with E-state index in [0.717, 1.165) is 25.2 Å². The van der Waals surface area contributed by atoms with E-state index in [1.807, 2.05) is 6.21 Å². The average Bonchev–Trinajstić information content (AvgIpc) is 2.93. The first-order valence-electron chi connectivity index (χ1n) is 8.58. The molecular weight excluding hydrogens is 306 g/mol. The molecule has 0 saturated carbocycles. The van der Waals surface area contributed by atoms with E-state index >= 15 is 0 Å². The highest BCUT2D eigenvalue weighted by Gasteiger charge is 2.39. The predicted octanol–water partition coefficient (Wildman–Crippen LogP) is 4.35. The van der Waals surface area contributed by atoms with Crippen LogP contribution in [0.3, 0.4) is 0 Å². The van der Waals surface area contributed by atoms with Gasteiger partial charge in [-0.2, -0.15) is 0 Å². The molecule has 3 nitrogen and oxygen atoms in total. The van der Waals surface area contributed by atoms with Crippen molar-refractivity contribution in [3.05, 3.63) is 45.9 Å². The maximum absolute atomic E-state index is 6.59. The smallest absolute Gasteiger partial charge is 0.153 e. The number of hydrogen-bond acceptors (Lipinski definition) is 3. The largest absolute Gasteiger partial charge is 0.342 e. The van der Waals surface area contributed by atoms with Gasteiger partial charge in [0.05, 0.1) is 17.9 Å². The highest BCUT2D eigenvalue weighted by Crippen LogP contribution is 2.49. The topological polar surface area (TPSA) is 18.8 Å². The second kappa shape index (κ2) is 4.88. The summed E-state index contributed by atoms with van der Waals surface area (Å²) in [5.74, 6) is 0.572. The van der Waals surface area contributed by atoms with E-state index in [1.165, 1.54) is 47.5 Å². The van der Waals surface area contributed by atoms with Crippen LogP contribution in [0.15, 0.2) is 39.7 Å². The van der Waals surface area contributed by atoms with Crippen molar-refractivity contribution in [3.63, 3.8) is 0 Å². The number of allylic oxidation sites excluding steroid dienone is 2. The Bertz CT molecular complexity index is 790. The molecule has 0 N–H and O–H groups in total. The summed E-state index contributed by atoms with van der Waals surface area (Å²) in [4.78, 5) is 9.44. The molecular formula is C19H20ClN3. The van der Waals surface area contributed by atoms with Crippen molar-refractivity contribution < 1.29 is 0 Å². The molecule has 4 aliphatic rings. The van der Waals surface area contributed by atoms with E-state index in [0.29, 0.717) is 11.1 Å². The van der Waals surface area contributed by atoms with E-state index < -0.39 is 0 Å². The number of fused-ring (bicyclic) bond motifs is 4. The highest BCUT2D eigenvalue weighted by atomic mass is 35.5. The van der Waals surface area contributed by atoms with Crippen LogP contribution in [0.2, 0.25) is 0 Å². The molecule has 0 saturated heterocycles. The van der Waals surface area contributed by atoms with Gasteiger partial charge in [0.25, 0.3) is 0 Å². The summed E-state index contributed by atoms with van der Waals surface area (Å²) >= 11 is 6.59. The number of benzene rings is 1. The first-order valence-corrected chi connectivity index (χ1v) is 8.96. The van der Waals surface area contributed by atoms with Gasteiger partial charge in [0.15, 0.2) is 5.16 Å². The highest BCUT2D eigenvalue weighted by molar-refractivity contribution is 6.33. The monoisotopic (exact) mass is 325 g/mol. The van der Waals surface area contributed by atoms with Crippen LogP contribution in [0.1, 0.15) is 37.3 Å². The van der Waals surface area contributed by atoms with Crippen molar-refractivity contribution in [2.45, 2.75) is 32.6 Å². The molecule has 1 atom stereocenters. The van der Waals surface area contributed by atoms with Crippen molar-refractivity contribution in [1.82, 2.24) is 4.90 Å². The molecule has 3 heterocycles. The SMILES string of the molecule is CC1CCCC2=C1N1CC=NC(Cl)=C1c1cccc3c1N2CC3. The molecule has 1 unspecified atom stereocenters. The molecule has 0 fully saturated rings. The van der Waals surface area contributed by atoms with Crippen LogP contribution in [-0.4, -0.2) is 24.2 Å². The lowest BCUT2D eigenvalue weighted by molar-refractivity contribution is 0.402. The second-order valence-corrected chi connectivity index (χ2v) is 7.26. The zero-order chi connectivity index (χ0) is 15.6. The number of nitrogens with zero attached hydrogens (tertiary/aromatic N) is 3. The lowest BCUT2D eigenvalue weighted by Crippen LogP contribution is -2.33. The summed E-state index contributed by atoms with van der Waals surface area (Å²) in [6, 6.07) is 6.65. The van der Waals surface area contributed by atoms with E-state index in [1.54, 1.807) is 0 Å².